The van der Waals surface area contributed by atoms with Crippen molar-refractivity contribution in [2.45, 2.75) is 149 Å². The lowest BCUT2D eigenvalue weighted by Crippen LogP contribution is -2.67. The molecule has 0 saturated carbocycles. The minimum Gasteiger partial charge on any atom is -0.465 e. The minimum atomic E-state index is -0.958. The van der Waals surface area contributed by atoms with Crippen LogP contribution in [0.5, 0.6) is 0 Å². The number of aryl methyl sites for hydroxylation is 1. The molecule has 5 atom stereocenters. The molecule has 8 rings (SSSR count). The average Bonchev–Trinajstić information content (AvgIpc) is 3.71. The van der Waals surface area contributed by atoms with E-state index in [1.165, 1.54) is 17.2 Å². The Bertz CT molecular complexity index is 2550. The van der Waals surface area contributed by atoms with E-state index in [2.05, 4.69) is 90.6 Å². The number of fused-ring (bicyclic) bond motifs is 6. The van der Waals surface area contributed by atoms with Crippen LogP contribution in [-0.4, -0.2) is 186 Å². The van der Waals surface area contributed by atoms with Crippen LogP contribution in [0.3, 0.4) is 0 Å². The predicted molar refractivity (Wildman–Crippen MR) is 295 cm³/mol. The highest BCUT2D eigenvalue weighted by molar-refractivity contribution is 5.95. The Balaban J connectivity index is 1.08. The van der Waals surface area contributed by atoms with E-state index in [1.54, 1.807) is 24.1 Å². The molecule has 1 spiro atoms. The number of aromatic nitrogens is 1. The van der Waals surface area contributed by atoms with Crippen LogP contribution >= 0.6 is 0 Å². The molecule has 2 aromatic rings. The van der Waals surface area contributed by atoms with Crippen LogP contribution in [0.4, 0.5) is 4.79 Å². The van der Waals surface area contributed by atoms with Gasteiger partial charge in [0.15, 0.2) is 0 Å². The van der Waals surface area contributed by atoms with Crippen LogP contribution in [-0.2, 0) is 41.6 Å². The molecule has 3 saturated heterocycles. The van der Waals surface area contributed by atoms with E-state index in [4.69, 9.17) is 14.5 Å². The van der Waals surface area contributed by atoms with Gasteiger partial charge in [-0.25, -0.2) is 10.2 Å². The van der Waals surface area contributed by atoms with Crippen molar-refractivity contribution in [3.63, 3.8) is 0 Å². The second kappa shape index (κ2) is 23.9. The zero-order chi connectivity index (χ0) is 53.8. The number of amides is 5. The first kappa shape index (κ1) is 55.9. The first-order valence-electron chi connectivity index (χ1n) is 28.0. The first-order valence-corrected chi connectivity index (χ1v) is 28.0. The number of cyclic esters (lactones) is 1. The number of hydrogen-bond acceptors (Lipinski definition) is 11. The molecule has 0 radical (unpaired) electrons. The van der Waals surface area contributed by atoms with Gasteiger partial charge in [-0.05, 0) is 119 Å². The number of hydrazine groups is 1. The van der Waals surface area contributed by atoms with Crippen LogP contribution in [0.1, 0.15) is 123 Å². The summed E-state index contributed by atoms with van der Waals surface area (Å²) in [4.78, 5) is 85.9. The Morgan fingerprint density at radius 3 is 2.52 bits per heavy atom. The third-order valence-electron chi connectivity index (χ3n) is 16.8. The molecule has 6 aliphatic rings. The number of piperidine rings is 1. The smallest absolute Gasteiger partial charge is 0.320 e. The zero-order valence-electron chi connectivity index (χ0n) is 46.5. The molecular formula is C58H86N10O7. The monoisotopic (exact) mass is 1030 g/mol. The lowest BCUT2D eigenvalue weighted by molar-refractivity contribution is -0.150. The molecule has 1 aromatic heterocycles. The number of rotatable bonds is 11. The second-order valence-electron chi connectivity index (χ2n) is 23.1. The molecule has 1 unspecified atom stereocenters. The number of likely N-dealkylation sites (N-methyl/N-ethyl adjacent to an activating group) is 1. The van der Waals surface area contributed by atoms with Gasteiger partial charge in [0.25, 0.3) is 5.91 Å². The number of methoxy groups -OCH3 is 1. The Kier molecular flexibility index (Phi) is 17.8. The topological polar surface area (TPSA) is 165 Å². The van der Waals surface area contributed by atoms with Crippen molar-refractivity contribution < 1.29 is 33.4 Å². The number of esters is 1. The van der Waals surface area contributed by atoms with Gasteiger partial charge in [0.05, 0.1) is 30.5 Å². The van der Waals surface area contributed by atoms with Gasteiger partial charge in [-0.1, -0.05) is 53.3 Å². The Morgan fingerprint density at radius 1 is 1.04 bits per heavy atom. The van der Waals surface area contributed by atoms with Crippen molar-refractivity contribution in [3.8, 4) is 0 Å². The van der Waals surface area contributed by atoms with Gasteiger partial charge in [-0.15, -0.1) is 0 Å². The molecular weight excluding hydrogens is 949 g/mol. The van der Waals surface area contributed by atoms with Crippen LogP contribution < -0.4 is 10.7 Å². The van der Waals surface area contributed by atoms with Gasteiger partial charge in [0.1, 0.15) is 12.1 Å². The molecule has 5 amide bonds. The van der Waals surface area contributed by atoms with Crippen molar-refractivity contribution in [2.75, 3.05) is 86.2 Å². The second-order valence-corrected chi connectivity index (χ2v) is 23.1. The lowest BCUT2D eigenvalue weighted by Gasteiger charge is -2.54. The number of carbonyl (C=O) groups is 5. The van der Waals surface area contributed by atoms with Crippen LogP contribution in [0.15, 0.2) is 47.6 Å². The highest BCUT2D eigenvalue weighted by Gasteiger charge is 2.46. The van der Waals surface area contributed by atoms with E-state index in [0.29, 0.717) is 77.9 Å². The summed E-state index contributed by atoms with van der Waals surface area (Å²) in [5.74, 6) is -1.35. The third kappa shape index (κ3) is 12.1. The molecule has 17 heteroatoms. The number of ether oxygens (including phenoxy) is 2. The summed E-state index contributed by atoms with van der Waals surface area (Å²) in [7, 11) is 3.42. The number of carbonyl (C=O) groups excluding carboxylic acids is 5. The number of benzene rings is 1. The number of allylic oxidation sites excluding steroid dienone is 1. The van der Waals surface area contributed by atoms with Crippen molar-refractivity contribution in [1.29, 1.82) is 0 Å². The molecule has 6 aliphatic heterocycles. The van der Waals surface area contributed by atoms with E-state index in [-0.39, 0.29) is 67.0 Å². The number of likely N-dealkylation sites (tertiary alicyclic amines) is 1. The van der Waals surface area contributed by atoms with Gasteiger partial charge >= 0.3 is 12.0 Å². The molecule has 75 heavy (non-hydrogen) atoms. The fourth-order valence-electron chi connectivity index (χ4n) is 12.9. The standard InChI is InChI=1S/C58H86N10O7/c1-11-25-66-31-30-65(49(69)12-2)37-58(66)22-28-64(29-23-58)56(73)62(9)52(39(4)5)54(71)60-47-36-63-26-15-17-42(35-63)41-20-21-48-45(32-41)46(53(67(48)13-3)44-19-14-24-59-51(44)40(6)74-10)34-57(7,8)38-75-50(70)33-43-18-16-27-68(61-43)55(47)72/h12,17,20-21,24,32,39-40,43,47,52,61H,2,11,13-16,18-19,22-23,25-31,33-38H2,1,3-10H3,(H,60,71)/t40-,43-,47-,52-/m0/s1. The number of piperazine rings is 1. The Morgan fingerprint density at radius 2 is 1.81 bits per heavy atom. The fourth-order valence-corrected chi connectivity index (χ4v) is 12.9. The number of urea groups is 1. The summed E-state index contributed by atoms with van der Waals surface area (Å²) >= 11 is 0. The van der Waals surface area contributed by atoms with E-state index in [1.807, 2.05) is 29.9 Å². The molecule has 17 nitrogen and oxygen atoms in total. The van der Waals surface area contributed by atoms with Gasteiger partial charge in [0.2, 0.25) is 11.8 Å². The summed E-state index contributed by atoms with van der Waals surface area (Å²) in [6.07, 6.45) is 12.4. The van der Waals surface area contributed by atoms with Gasteiger partial charge in [-0.3, -0.25) is 39.0 Å². The van der Waals surface area contributed by atoms with E-state index >= 15 is 0 Å². The number of hydrogen-bond donors (Lipinski definition) is 2. The number of aliphatic imine (C=N–C) groups is 1. The summed E-state index contributed by atoms with van der Waals surface area (Å²) < 4.78 is 14.4. The molecule has 2 N–H and O–H groups in total. The first-order chi connectivity index (χ1) is 35.9. The molecule has 7 heterocycles. The highest BCUT2D eigenvalue weighted by atomic mass is 16.5. The largest absolute Gasteiger partial charge is 0.465 e. The van der Waals surface area contributed by atoms with Crippen LogP contribution in [0.25, 0.3) is 22.0 Å². The highest BCUT2D eigenvalue weighted by Crippen LogP contribution is 2.42. The Hall–Kier alpha value is -5.36. The predicted octanol–water partition coefficient (Wildman–Crippen LogP) is 6.51. The third-order valence-corrected chi connectivity index (χ3v) is 16.8. The SMILES string of the molecule is C=CC(=O)N1CCN(CCC)C2(CCN(C(=O)N(C)[C@H](C(=O)N[C@H]3CN4CCC=C(C4)c4ccc5c(c4)c(c(C4=C([C@H](C)OC)N=CCC4)n5CC)CC(C)(C)COC(=O)C[C@@H]4CCCN(N4)C3=O)C(C)C)CC2)C1. The van der Waals surface area contributed by atoms with Crippen molar-refractivity contribution in [1.82, 2.24) is 44.8 Å². The summed E-state index contributed by atoms with van der Waals surface area (Å²) in [6.45, 7) is 25.1. The van der Waals surface area contributed by atoms with E-state index < -0.39 is 23.4 Å². The average molecular weight is 1040 g/mol. The maximum Gasteiger partial charge on any atom is 0.320 e. The molecule has 3 fully saturated rings. The number of nitrogens with zero attached hydrogens (tertiary/aromatic N) is 8. The molecule has 1 aromatic carbocycles. The maximum atomic E-state index is 15.0. The van der Waals surface area contributed by atoms with Crippen molar-refractivity contribution in [2.24, 2.45) is 16.3 Å². The summed E-state index contributed by atoms with van der Waals surface area (Å²) in [5.41, 5.74) is 10.6. The van der Waals surface area contributed by atoms with Gasteiger partial charge in [-0.2, -0.15) is 0 Å². The molecule has 410 valence electrons. The molecule has 6 bridgehead atoms. The minimum absolute atomic E-state index is 0.0666. The van der Waals surface area contributed by atoms with Crippen LogP contribution in [0.2, 0.25) is 0 Å². The summed E-state index contributed by atoms with van der Waals surface area (Å²) in [6, 6.07) is 4.36. The van der Waals surface area contributed by atoms with Gasteiger partial charge < -0.3 is 34.1 Å². The van der Waals surface area contributed by atoms with Crippen molar-refractivity contribution >= 4 is 58.0 Å². The number of nitrogens with one attached hydrogen (secondary N) is 2. The normalized spacial score (nSPS) is 24.6. The maximum absolute atomic E-state index is 15.0. The van der Waals surface area contributed by atoms with E-state index in [0.717, 1.165) is 78.7 Å². The fraction of sp³-hybridized carbons (Fsp3) is 0.655. The van der Waals surface area contributed by atoms with E-state index in [9.17, 15) is 24.0 Å². The molecule has 0 aliphatic carbocycles. The zero-order valence-corrected chi connectivity index (χ0v) is 46.5. The summed E-state index contributed by atoms with van der Waals surface area (Å²) in [5, 5.41) is 5.93. The Labute approximate surface area is 445 Å². The van der Waals surface area contributed by atoms with Crippen molar-refractivity contribution in [3.05, 3.63) is 59.4 Å². The quantitative estimate of drug-likeness (QED) is 0.188. The lowest BCUT2D eigenvalue weighted by atomic mass is 9.83. The van der Waals surface area contributed by atoms with Gasteiger partial charge in [0, 0.05) is 119 Å². The van der Waals surface area contributed by atoms with Crippen LogP contribution in [0, 0.1) is 11.3 Å².